The minimum atomic E-state index is -3.32. The van der Waals surface area contributed by atoms with Gasteiger partial charge in [-0.3, -0.25) is 4.79 Å². The van der Waals surface area contributed by atoms with Crippen LogP contribution < -0.4 is 10.6 Å². The molecule has 0 bridgehead atoms. The number of hydrogen-bond donors (Lipinski definition) is 2. The quantitative estimate of drug-likeness (QED) is 0.677. The van der Waals surface area contributed by atoms with Gasteiger partial charge in [-0.1, -0.05) is 12.1 Å². The summed E-state index contributed by atoms with van der Waals surface area (Å²) in [7, 11) is -3.32. The number of nitrogens with one attached hydrogen (secondary N) is 2. The molecule has 27 heavy (non-hydrogen) atoms. The Hall–Kier alpha value is -2.78. The number of aryl methyl sites for hydroxylation is 2. The van der Waals surface area contributed by atoms with Gasteiger partial charge >= 0.3 is 0 Å². The zero-order chi connectivity index (χ0) is 19.6. The van der Waals surface area contributed by atoms with Gasteiger partial charge < -0.3 is 10.6 Å². The Morgan fingerprint density at radius 3 is 2.52 bits per heavy atom. The predicted octanol–water partition coefficient (Wildman–Crippen LogP) is 3.55. The number of thiazole rings is 1. The van der Waals surface area contributed by atoms with Gasteiger partial charge in [0, 0.05) is 17.6 Å². The van der Waals surface area contributed by atoms with Gasteiger partial charge in [-0.05, 0) is 44.2 Å². The molecule has 140 valence electrons. The van der Waals surface area contributed by atoms with Gasteiger partial charge in [-0.25, -0.2) is 18.4 Å². The average Bonchev–Trinajstić information content (AvgIpc) is 2.95. The molecule has 0 aliphatic heterocycles. The van der Waals surface area contributed by atoms with Crippen LogP contribution in [0.15, 0.2) is 47.4 Å². The van der Waals surface area contributed by atoms with E-state index in [-0.39, 0.29) is 16.5 Å². The summed E-state index contributed by atoms with van der Waals surface area (Å²) in [6.45, 7) is 3.63. The molecule has 0 radical (unpaired) electrons. The van der Waals surface area contributed by atoms with Crippen LogP contribution in [0.1, 0.15) is 21.2 Å². The summed E-state index contributed by atoms with van der Waals surface area (Å²) in [4.78, 5) is 21.4. The van der Waals surface area contributed by atoms with Gasteiger partial charge in [-0.2, -0.15) is 0 Å². The molecule has 0 atom stereocenters. The first-order chi connectivity index (χ1) is 12.7. The number of carbonyl (C=O) groups excluding carboxylic acids is 1. The van der Waals surface area contributed by atoms with Crippen molar-refractivity contribution in [1.29, 1.82) is 0 Å². The van der Waals surface area contributed by atoms with Gasteiger partial charge in [0.15, 0.2) is 15.5 Å². The van der Waals surface area contributed by atoms with E-state index < -0.39 is 9.84 Å². The van der Waals surface area contributed by atoms with Crippen molar-refractivity contribution in [1.82, 2.24) is 9.97 Å². The average molecular weight is 403 g/mol. The molecule has 0 aliphatic rings. The number of benzene rings is 1. The molecule has 3 aromatic rings. The van der Waals surface area contributed by atoms with Gasteiger partial charge in [0.1, 0.15) is 10.8 Å². The summed E-state index contributed by atoms with van der Waals surface area (Å²) in [6.07, 6.45) is 1.15. The molecule has 0 spiro atoms. The normalized spacial score (nSPS) is 11.2. The Morgan fingerprint density at radius 1 is 1.07 bits per heavy atom. The third-order valence-corrected chi connectivity index (χ3v) is 5.60. The van der Waals surface area contributed by atoms with Crippen molar-refractivity contribution in [2.24, 2.45) is 0 Å². The smallest absolute Gasteiger partial charge is 0.278 e. The second-order valence-electron chi connectivity index (χ2n) is 5.95. The van der Waals surface area contributed by atoms with E-state index in [1.165, 1.54) is 23.5 Å². The van der Waals surface area contributed by atoms with Crippen molar-refractivity contribution in [2.45, 2.75) is 18.7 Å². The molecule has 0 aliphatic carbocycles. The molecule has 7 nitrogen and oxygen atoms in total. The third-order valence-electron chi connectivity index (χ3n) is 3.60. The fraction of sp³-hybridized carbons (Fsp3) is 0.167. The Balaban J connectivity index is 1.87. The summed E-state index contributed by atoms with van der Waals surface area (Å²) in [5, 5.41) is 7.07. The van der Waals surface area contributed by atoms with Gasteiger partial charge in [0.25, 0.3) is 5.91 Å². The Bertz CT molecular complexity index is 1110. The van der Waals surface area contributed by atoms with Crippen molar-refractivity contribution < 1.29 is 13.2 Å². The van der Waals surface area contributed by atoms with E-state index in [4.69, 9.17) is 0 Å². The van der Waals surface area contributed by atoms with E-state index in [0.29, 0.717) is 21.5 Å². The van der Waals surface area contributed by atoms with Crippen LogP contribution in [-0.2, 0) is 9.84 Å². The van der Waals surface area contributed by atoms with Crippen LogP contribution >= 0.6 is 11.3 Å². The standard InChI is InChI=1S/C18H18N4O3S2/c1-11-6-4-9-15(19-11)22-17(23)16-18(26-12(2)20-16)21-13-7-5-8-14(10-13)27(3,24)25/h4-10,21H,1-3H3,(H,19,22,23). The summed E-state index contributed by atoms with van der Waals surface area (Å²) >= 11 is 1.31. The number of nitrogens with zero attached hydrogens (tertiary/aromatic N) is 2. The molecule has 1 amide bonds. The highest BCUT2D eigenvalue weighted by molar-refractivity contribution is 7.90. The highest BCUT2D eigenvalue weighted by Gasteiger charge is 2.18. The third kappa shape index (κ3) is 4.69. The number of amides is 1. The Kier molecular flexibility index (Phi) is 5.24. The monoisotopic (exact) mass is 402 g/mol. The fourth-order valence-electron chi connectivity index (χ4n) is 2.39. The first kappa shape index (κ1) is 19.0. The first-order valence-corrected chi connectivity index (χ1v) is 10.7. The zero-order valence-electron chi connectivity index (χ0n) is 15.0. The SMILES string of the molecule is Cc1cccc(NC(=O)c2nc(C)sc2Nc2cccc(S(C)(=O)=O)c2)n1. The minimum Gasteiger partial charge on any atom is -0.345 e. The topological polar surface area (TPSA) is 101 Å². The highest BCUT2D eigenvalue weighted by Crippen LogP contribution is 2.29. The lowest BCUT2D eigenvalue weighted by Gasteiger charge is -2.08. The molecular formula is C18H18N4O3S2. The van der Waals surface area contributed by atoms with E-state index in [1.807, 2.05) is 13.0 Å². The van der Waals surface area contributed by atoms with Gasteiger partial charge in [0.05, 0.1) is 9.90 Å². The summed E-state index contributed by atoms with van der Waals surface area (Å²) in [6, 6.07) is 11.8. The maximum atomic E-state index is 12.6. The van der Waals surface area contributed by atoms with Crippen molar-refractivity contribution in [3.8, 4) is 0 Å². The molecule has 0 saturated heterocycles. The maximum absolute atomic E-state index is 12.6. The molecule has 0 unspecified atom stereocenters. The zero-order valence-corrected chi connectivity index (χ0v) is 16.6. The number of rotatable bonds is 5. The van der Waals surface area contributed by atoms with Crippen molar-refractivity contribution in [3.05, 3.63) is 58.9 Å². The van der Waals surface area contributed by atoms with Crippen LogP contribution in [0.25, 0.3) is 0 Å². The van der Waals surface area contributed by atoms with E-state index in [0.717, 1.165) is 11.9 Å². The summed E-state index contributed by atoms with van der Waals surface area (Å²) < 4.78 is 23.5. The van der Waals surface area contributed by atoms with Crippen LogP contribution in [-0.4, -0.2) is 30.5 Å². The van der Waals surface area contributed by atoms with Crippen LogP contribution in [0, 0.1) is 13.8 Å². The number of anilines is 3. The van der Waals surface area contributed by atoms with Crippen LogP contribution in [0.5, 0.6) is 0 Å². The minimum absolute atomic E-state index is 0.198. The number of carbonyl (C=O) groups is 1. The van der Waals surface area contributed by atoms with Crippen LogP contribution in [0.4, 0.5) is 16.5 Å². The molecule has 2 N–H and O–H groups in total. The number of sulfone groups is 1. The number of aromatic nitrogens is 2. The van der Waals surface area contributed by atoms with Crippen LogP contribution in [0.2, 0.25) is 0 Å². The van der Waals surface area contributed by atoms with E-state index >= 15 is 0 Å². The second-order valence-corrected chi connectivity index (χ2v) is 9.17. The predicted molar refractivity (Wildman–Crippen MR) is 107 cm³/mol. The fourth-order valence-corrected chi connectivity index (χ4v) is 3.89. The van der Waals surface area contributed by atoms with Crippen LogP contribution in [0.3, 0.4) is 0 Å². The summed E-state index contributed by atoms with van der Waals surface area (Å²) in [5.41, 5.74) is 1.58. The lowest BCUT2D eigenvalue weighted by Crippen LogP contribution is -2.15. The molecule has 9 heteroatoms. The molecule has 2 heterocycles. The van der Waals surface area contributed by atoms with Crippen molar-refractivity contribution in [3.63, 3.8) is 0 Å². The van der Waals surface area contributed by atoms with Gasteiger partial charge in [0.2, 0.25) is 0 Å². The highest BCUT2D eigenvalue weighted by atomic mass is 32.2. The molecule has 0 fully saturated rings. The molecule has 0 saturated carbocycles. The van der Waals surface area contributed by atoms with Crippen molar-refractivity contribution in [2.75, 3.05) is 16.9 Å². The summed E-state index contributed by atoms with van der Waals surface area (Å²) in [5.74, 6) is 0.0508. The lowest BCUT2D eigenvalue weighted by molar-refractivity contribution is 0.102. The lowest BCUT2D eigenvalue weighted by atomic mass is 10.3. The second kappa shape index (κ2) is 7.45. The maximum Gasteiger partial charge on any atom is 0.278 e. The van der Waals surface area contributed by atoms with Crippen molar-refractivity contribution >= 4 is 43.6 Å². The largest absolute Gasteiger partial charge is 0.345 e. The molecule has 3 rings (SSSR count). The Labute approximate surface area is 161 Å². The van der Waals surface area contributed by atoms with E-state index in [1.54, 1.807) is 31.2 Å². The van der Waals surface area contributed by atoms with Gasteiger partial charge in [-0.15, -0.1) is 11.3 Å². The molecule has 1 aromatic carbocycles. The molecule has 2 aromatic heterocycles. The van der Waals surface area contributed by atoms with E-state index in [9.17, 15) is 13.2 Å². The van der Waals surface area contributed by atoms with E-state index in [2.05, 4.69) is 20.6 Å². The number of pyridine rings is 1. The Morgan fingerprint density at radius 2 is 1.81 bits per heavy atom. The number of hydrogen-bond acceptors (Lipinski definition) is 7. The first-order valence-electron chi connectivity index (χ1n) is 8.02. The molecular weight excluding hydrogens is 384 g/mol.